The maximum absolute atomic E-state index is 12.0. The number of nitrogens with one attached hydrogen (secondary N) is 1. The largest absolute Gasteiger partial charge is 0.481 e. The van der Waals surface area contributed by atoms with E-state index in [1.54, 1.807) is 0 Å². The molecule has 1 rings (SSSR count). The van der Waals surface area contributed by atoms with Gasteiger partial charge in [-0.3, -0.25) is 9.48 Å². The Balaban J connectivity index is 2.73. The molecule has 0 aromatic carbocycles. The first kappa shape index (κ1) is 16.6. The number of hydrogen-bond acceptors (Lipinski definition) is 4. The van der Waals surface area contributed by atoms with E-state index in [0.717, 1.165) is 0 Å². The van der Waals surface area contributed by atoms with Crippen LogP contribution in [0.4, 0.5) is 0 Å². The minimum atomic E-state index is -3.71. The van der Waals surface area contributed by atoms with Gasteiger partial charge in [0, 0.05) is 19.3 Å². The van der Waals surface area contributed by atoms with Crippen LogP contribution in [0, 0.1) is 11.8 Å². The lowest BCUT2D eigenvalue weighted by atomic mass is 9.98. The van der Waals surface area contributed by atoms with Crippen LogP contribution >= 0.6 is 0 Å². The summed E-state index contributed by atoms with van der Waals surface area (Å²) in [6.07, 6.45) is 3.09. The molecule has 0 aliphatic rings. The van der Waals surface area contributed by atoms with Crippen molar-refractivity contribution in [1.82, 2.24) is 14.5 Å². The van der Waals surface area contributed by atoms with Gasteiger partial charge >= 0.3 is 5.97 Å². The van der Waals surface area contributed by atoms with E-state index in [0.29, 0.717) is 13.0 Å². The van der Waals surface area contributed by atoms with E-state index < -0.39 is 21.9 Å². The summed E-state index contributed by atoms with van der Waals surface area (Å²) >= 11 is 0. The fourth-order valence-corrected chi connectivity index (χ4v) is 2.82. The zero-order valence-electron chi connectivity index (χ0n) is 11.9. The summed E-state index contributed by atoms with van der Waals surface area (Å²) in [5, 5.41) is 13.0. The van der Waals surface area contributed by atoms with E-state index >= 15 is 0 Å². The molecular formula is C12H21N3O4S. The molecule has 8 heteroatoms. The van der Waals surface area contributed by atoms with Gasteiger partial charge in [-0.25, -0.2) is 13.1 Å². The molecule has 7 nitrogen and oxygen atoms in total. The SMILES string of the molecule is CCn1cc(S(=O)(=O)NCC(CC(C)C)C(=O)O)cn1. The van der Waals surface area contributed by atoms with Crippen molar-refractivity contribution in [3.8, 4) is 0 Å². The van der Waals surface area contributed by atoms with Gasteiger partial charge in [-0.05, 0) is 19.3 Å². The zero-order valence-corrected chi connectivity index (χ0v) is 12.7. The number of aryl methyl sites for hydroxylation is 1. The van der Waals surface area contributed by atoms with Gasteiger partial charge in [0.2, 0.25) is 10.0 Å². The molecule has 0 bridgehead atoms. The maximum atomic E-state index is 12.0. The Kier molecular flexibility index (Phi) is 5.70. The predicted octanol–water partition coefficient (Wildman–Crippen LogP) is 0.928. The van der Waals surface area contributed by atoms with Crippen LogP contribution in [-0.4, -0.2) is 35.8 Å². The monoisotopic (exact) mass is 303 g/mol. The first-order valence-corrected chi connectivity index (χ1v) is 7.99. The quantitative estimate of drug-likeness (QED) is 0.744. The Labute approximate surface area is 119 Å². The molecule has 0 amide bonds. The van der Waals surface area contributed by atoms with Crippen LogP contribution in [0.5, 0.6) is 0 Å². The lowest BCUT2D eigenvalue weighted by Gasteiger charge is -2.15. The number of carboxylic acid groups (broad SMARTS) is 1. The third-order valence-electron chi connectivity index (χ3n) is 2.87. The van der Waals surface area contributed by atoms with Crippen LogP contribution in [-0.2, 0) is 21.4 Å². The fourth-order valence-electron chi connectivity index (χ4n) is 1.79. The lowest BCUT2D eigenvalue weighted by Crippen LogP contribution is -2.33. The molecule has 1 heterocycles. The number of aromatic nitrogens is 2. The second-order valence-corrected chi connectivity index (χ2v) is 6.82. The maximum Gasteiger partial charge on any atom is 0.307 e. The molecule has 0 saturated carbocycles. The number of hydrogen-bond donors (Lipinski definition) is 2. The molecule has 1 atom stereocenters. The molecule has 0 saturated heterocycles. The van der Waals surface area contributed by atoms with Crippen LogP contribution in [0.25, 0.3) is 0 Å². The summed E-state index contributed by atoms with van der Waals surface area (Å²) in [7, 11) is -3.71. The van der Waals surface area contributed by atoms with Gasteiger partial charge in [-0.15, -0.1) is 0 Å². The normalized spacial score (nSPS) is 13.6. The Morgan fingerprint density at radius 3 is 2.60 bits per heavy atom. The molecule has 0 radical (unpaired) electrons. The van der Waals surface area contributed by atoms with Crippen LogP contribution in [0.3, 0.4) is 0 Å². The second-order valence-electron chi connectivity index (χ2n) is 5.05. The molecule has 0 aliphatic heterocycles. The van der Waals surface area contributed by atoms with Crippen molar-refractivity contribution < 1.29 is 18.3 Å². The first-order chi connectivity index (χ1) is 9.26. The van der Waals surface area contributed by atoms with Crippen molar-refractivity contribution in [3.05, 3.63) is 12.4 Å². The van der Waals surface area contributed by atoms with E-state index in [1.165, 1.54) is 17.1 Å². The molecule has 114 valence electrons. The summed E-state index contributed by atoms with van der Waals surface area (Å²) in [6.45, 7) is 6.10. The van der Waals surface area contributed by atoms with Crippen LogP contribution < -0.4 is 4.72 Å². The van der Waals surface area contributed by atoms with Gasteiger partial charge in [0.1, 0.15) is 4.90 Å². The molecule has 1 aromatic heterocycles. The van der Waals surface area contributed by atoms with Gasteiger partial charge in [0.05, 0.1) is 12.1 Å². The Morgan fingerprint density at radius 1 is 1.50 bits per heavy atom. The number of rotatable bonds is 8. The highest BCUT2D eigenvalue weighted by Gasteiger charge is 2.23. The summed E-state index contributed by atoms with van der Waals surface area (Å²) in [5.41, 5.74) is 0. The molecular weight excluding hydrogens is 282 g/mol. The smallest absolute Gasteiger partial charge is 0.307 e. The standard InChI is InChI=1S/C12H21N3O4S/c1-4-15-8-11(7-13-15)20(18,19)14-6-10(12(16)17)5-9(2)3/h7-10,14H,4-6H2,1-3H3,(H,16,17). The predicted molar refractivity (Wildman–Crippen MR) is 73.7 cm³/mol. The highest BCUT2D eigenvalue weighted by molar-refractivity contribution is 7.89. The van der Waals surface area contributed by atoms with Crippen molar-refractivity contribution in [2.24, 2.45) is 11.8 Å². The number of carbonyl (C=O) groups is 1. The summed E-state index contributed by atoms with van der Waals surface area (Å²) in [6, 6.07) is 0. The summed E-state index contributed by atoms with van der Waals surface area (Å²) in [5.74, 6) is -1.54. The lowest BCUT2D eigenvalue weighted by molar-refractivity contribution is -0.142. The Hall–Kier alpha value is -1.41. The Morgan fingerprint density at radius 2 is 2.15 bits per heavy atom. The number of nitrogens with zero attached hydrogens (tertiary/aromatic N) is 2. The Bertz CT molecular complexity index is 551. The van der Waals surface area contributed by atoms with E-state index in [9.17, 15) is 13.2 Å². The van der Waals surface area contributed by atoms with Crippen molar-refractivity contribution in [2.75, 3.05) is 6.54 Å². The molecule has 1 aromatic rings. The van der Waals surface area contributed by atoms with Crippen molar-refractivity contribution in [2.45, 2.75) is 38.6 Å². The van der Waals surface area contributed by atoms with E-state index in [2.05, 4.69) is 9.82 Å². The fraction of sp³-hybridized carbons (Fsp3) is 0.667. The molecule has 0 fully saturated rings. The highest BCUT2D eigenvalue weighted by atomic mass is 32.2. The number of sulfonamides is 1. The third-order valence-corrected chi connectivity index (χ3v) is 4.25. The molecule has 20 heavy (non-hydrogen) atoms. The minimum absolute atomic E-state index is 0.0491. The average molecular weight is 303 g/mol. The summed E-state index contributed by atoms with van der Waals surface area (Å²) in [4.78, 5) is 11.1. The van der Waals surface area contributed by atoms with Crippen LogP contribution in [0.2, 0.25) is 0 Å². The van der Waals surface area contributed by atoms with Gasteiger partial charge < -0.3 is 5.11 Å². The zero-order chi connectivity index (χ0) is 15.3. The van der Waals surface area contributed by atoms with Gasteiger partial charge in [0.25, 0.3) is 0 Å². The van der Waals surface area contributed by atoms with E-state index in [4.69, 9.17) is 5.11 Å². The van der Waals surface area contributed by atoms with Gasteiger partial charge in [-0.1, -0.05) is 13.8 Å². The van der Waals surface area contributed by atoms with Crippen LogP contribution in [0.15, 0.2) is 17.3 Å². The first-order valence-electron chi connectivity index (χ1n) is 6.51. The topological polar surface area (TPSA) is 101 Å². The molecule has 1 unspecified atom stereocenters. The van der Waals surface area contributed by atoms with Crippen molar-refractivity contribution in [1.29, 1.82) is 0 Å². The molecule has 2 N–H and O–H groups in total. The number of carboxylic acids is 1. The van der Waals surface area contributed by atoms with Crippen LogP contribution in [0.1, 0.15) is 27.2 Å². The average Bonchev–Trinajstić information content (AvgIpc) is 2.83. The van der Waals surface area contributed by atoms with Gasteiger partial charge in [-0.2, -0.15) is 5.10 Å². The van der Waals surface area contributed by atoms with Crippen molar-refractivity contribution >= 4 is 16.0 Å². The van der Waals surface area contributed by atoms with E-state index in [-0.39, 0.29) is 17.4 Å². The summed E-state index contributed by atoms with van der Waals surface area (Å²) < 4.78 is 27.9. The molecule has 0 spiro atoms. The second kappa shape index (κ2) is 6.85. The molecule has 0 aliphatic carbocycles. The minimum Gasteiger partial charge on any atom is -0.481 e. The van der Waals surface area contributed by atoms with E-state index in [1.807, 2.05) is 20.8 Å². The van der Waals surface area contributed by atoms with Crippen molar-refractivity contribution in [3.63, 3.8) is 0 Å². The number of aliphatic carboxylic acids is 1. The highest BCUT2D eigenvalue weighted by Crippen LogP contribution is 2.13. The van der Waals surface area contributed by atoms with Gasteiger partial charge in [0.15, 0.2) is 0 Å². The third kappa shape index (κ3) is 4.61.